The van der Waals surface area contributed by atoms with Gasteiger partial charge in [-0.1, -0.05) is 0 Å². The molecule has 0 aromatic rings. The Hall–Kier alpha value is -1.82. The van der Waals surface area contributed by atoms with Crippen molar-refractivity contribution in [3.05, 3.63) is 0 Å². The van der Waals surface area contributed by atoms with Crippen molar-refractivity contribution in [2.45, 2.75) is 130 Å². The SMILES string of the molecule is CC(=O)N[C@H]1[C@H](O[C@H]2[C@H](O)[C@@H](O)[C@H](O[C@H]3[C@@H](O)[C@H](O)[C@@H](CO)O[C@@H]3O)O[C@@H]2C(=O)O)O[C@H](CO)[C@@H](O)[C@@H]1O[C@@H]1O[C@H](CO)[C@H](O)[C@H](O)[C@H]1O. The van der Waals surface area contributed by atoms with Crippen LogP contribution in [0.1, 0.15) is 6.92 Å². The van der Waals surface area contributed by atoms with Crippen LogP contribution in [0.5, 0.6) is 0 Å². The smallest absolute Gasteiger partial charge is 0.335 e. The van der Waals surface area contributed by atoms with Crippen LogP contribution in [0.2, 0.25) is 0 Å². The average Bonchev–Trinajstić information content (AvgIpc) is 3.06. The zero-order valence-corrected chi connectivity index (χ0v) is 25.7. The van der Waals surface area contributed by atoms with Crippen LogP contribution in [0.4, 0.5) is 0 Å². The van der Waals surface area contributed by atoms with Crippen LogP contribution in [0, 0.1) is 0 Å². The summed E-state index contributed by atoms with van der Waals surface area (Å²) in [5.41, 5.74) is 0. The molecule has 4 rings (SSSR count). The summed E-state index contributed by atoms with van der Waals surface area (Å²) < 4.78 is 37.8. The number of carboxylic acid groups (broad SMARTS) is 1. The lowest BCUT2D eigenvalue weighted by Gasteiger charge is -2.49. The summed E-state index contributed by atoms with van der Waals surface area (Å²) in [5.74, 6) is -2.65. The molecule has 4 aliphatic rings. The third-order valence-electron chi connectivity index (χ3n) is 8.58. The van der Waals surface area contributed by atoms with Crippen LogP contribution in [0.25, 0.3) is 0 Å². The first-order chi connectivity index (χ1) is 23.1. The molecule has 0 saturated carbocycles. The van der Waals surface area contributed by atoms with E-state index in [2.05, 4.69) is 5.32 Å². The molecule has 0 bridgehead atoms. The number of hydrogen-bond donors (Lipinski definition) is 14. The highest BCUT2D eigenvalue weighted by atomic mass is 16.8. The summed E-state index contributed by atoms with van der Waals surface area (Å²) >= 11 is 0. The normalized spacial score (nSPS) is 49.3. The van der Waals surface area contributed by atoms with Crippen molar-refractivity contribution >= 4 is 11.9 Å². The first-order valence-corrected chi connectivity index (χ1v) is 15.1. The minimum Gasteiger partial charge on any atom is -0.479 e. The van der Waals surface area contributed by atoms with Crippen LogP contribution in [0.3, 0.4) is 0 Å². The van der Waals surface area contributed by atoms with Gasteiger partial charge in [-0.05, 0) is 0 Å². The van der Waals surface area contributed by atoms with Crippen LogP contribution >= 0.6 is 0 Å². The molecule has 23 heteroatoms. The number of nitrogens with one attached hydrogen (secondary N) is 1. The summed E-state index contributed by atoms with van der Waals surface area (Å²) in [5, 5.41) is 135. The van der Waals surface area contributed by atoms with Crippen LogP contribution in [0.15, 0.2) is 0 Å². The lowest BCUT2D eigenvalue weighted by molar-refractivity contribution is -0.377. The quantitative estimate of drug-likeness (QED) is 0.0941. The molecule has 0 aromatic carbocycles. The van der Waals surface area contributed by atoms with Gasteiger partial charge in [-0.15, -0.1) is 0 Å². The summed E-state index contributed by atoms with van der Waals surface area (Å²) in [6, 6.07) is -1.69. The summed E-state index contributed by atoms with van der Waals surface area (Å²) in [6.45, 7) is -1.60. The third-order valence-corrected chi connectivity index (χ3v) is 8.58. The maximum atomic E-state index is 12.3. The number of hydrogen-bond acceptors (Lipinski definition) is 21. The monoisotopic (exact) mass is 721 g/mol. The fourth-order valence-corrected chi connectivity index (χ4v) is 5.90. The van der Waals surface area contributed by atoms with Gasteiger partial charge in [0.05, 0.1) is 19.8 Å². The zero-order chi connectivity index (χ0) is 36.5. The maximum Gasteiger partial charge on any atom is 0.335 e. The molecule has 20 atom stereocenters. The molecular weight excluding hydrogens is 678 g/mol. The number of rotatable bonds is 11. The number of carbonyl (C=O) groups excluding carboxylic acids is 1. The van der Waals surface area contributed by atoms with E-state index in [1.807, 2.05) is 0 Å². The van der Waals surface area contributed by atoms with Gasteiger partial charge in [-0.3, -0.25) is 4.79 Å². The van der Waals surface area contributed by atoms with Gasteiger partial charge in [0.1, 0.15) is 91.5 Å². The molecule has 0 unspecified atom stereocenters. The van der Waals surface area contributed by atoms with E-state index in [1.54, 1.807) is 0 Å². The second-order valence-electron chi connectivity index (χ2n) is 11.9. The lowest BCUT2D eigenvalue weighted by atomic mass is 9.94. The molecule has 284 valence electrons. The highest BCUT2D eigenvalue weighted by Gasteiger charge is 2.56. The highest BCUT2D eigenvalue weighted by Crippen LogP contribution is 2.34. The fraction of sp³-hybridized carbons (Fsp3) is 0.923. The molecule has 1 amide bonds. The maximum absolute atomic E-state index is 12.3. The van der Waals surface area contributed by atoms with E-state index < -0.39 is 154 Å². The van der Waals surface area contributed by atoms with Crippen molar-refractivity contribution in [3.63, 3.8) is 0 Å². The molecule has 0 spiro atoms. The van der Waals surface area contributed by atoms with E-state index >= 15 is 0 Å². The molecule has 0 radical (unpaired) electrons. The summed E-state index contributed by atoms with van der Waals surface area (Å²) in [7, 11) is 0. The van der Waals surface area contributed by atoms with E-state index in [-0.39, 0.29) is 0 Å². The number of carbonyl (C=O) groups is 2. The van der Waals surface area contributed by atoms with Crippen LogP contribution in [-0.4, -0.2) is 221 Å². The van der Waals surface area contributed by atoms with Crippen molar-refractivity contribution in [2.75, 3.05) is 19.8 Å². The standard InChI is InChI=1S/C26H43NO22/c1-5(31)27-9-18(46-25-16(38)13(35)10(32)7(3-29)45-25)12(34)8(4-30)44-24(9)47-19-15(37)17(39)26(49-21(19)22(40)41)48-20-14(36)11(33)6(2-28)43-23(20)42/h6-21,23-26,28-30,32-39,42H,2-4H2,1H3,(H,27,31)(H,40,41)/t6-,7-,8-,9-,10+,11-,12-,13+,14+,15-,16-,17-,18-,19+,20+,21+,23+,24+,25+,26-/m1/s1. The predicted octanol–water partition coefficient (Wildman–Crippen LogP) is -9.51. The Labute approximate surface area is 276 Å². The molecule has 49 heavy (non-hydrogen) atoms. The van der Waals surface area contributed by atoms with Crippen LogP contribution < -0.4 is 5.32 Å². The van der Waals surface area contributed by atoms with Crippen molar-refractivity contribution < 1.29 is 109 Å². The number of aliphatic carboxylic acids is 1. The minimum absolute atomic E-state index is 0.811. The van der Waals surface area contributed by atoms with Gasteiger partial charge in [0.15, 0.2) is 31.3 Å². The number of amides is 1. The van der Waals surface area contributed by atoms with Crippen molar-refractivity contribution in [3.8, 4) is 0 Å². The Morgan fingerprint density at radius 2 is 1.00 bits per heavy atom. The van der Waals surface area contributed by atoms with Gasteiger partial charge in [0, 0.05) is 6.92 Å². The second kappa shape index (κ2) is 16.7. The highest BCUT2D eigenvalue weighted by molar-refractivity contribution is 5.74. The minimum atomic E-state index is -2.25. The summed E-state index contributed by atoms with van der Waals surface area (Å²) in [6.07, 6.45) is -36.3. The Balaban J connectivity index is 1.58. The van der Waals surface area contributed by atoms with E-state index in [9.17, 15) is 76.0 Å². The average molecular weight is 722 g/mol. The van der Waals surface area contributed by atoms with Crippen molar-refractivity contribution in [1.29, 1.82) is 0 Å². The number of aliphatic hydroxyl groups is 12. The molecule has 0 aromatic heterocycles. The Morgan fingerprint density at radius 3 is 1.57 bits per heavy atom. The van der Waals surface area contributed by atoms with Gasteiger partial charge >= 0.3 is 5.97 Å². The van der Waals surface area contributed by atoms with Crippen molar-refractivity contribution in [2.24, 2.45) is 0 Å². The van der Waals surface area contributed by atoms with Gasteiger partial charge in [-0.25, -0.2) is 4.79 Å². The van der Waals surface area contributed by atoms with Gasteiger partial charge in [0.2, 0.25) is 5.91 Å². The molecule has 14 N–H and O–H groups in total. The zero-order valence-electron chi connectivity index (χ0n) is 25.7. The molecule has 0 aliphatic carbocycles. The van der Waals surface area contributed by atoms with E-state index in [0.717, 1.165) is 6.92 Å². The van der Waals surface area contributed by atoms with Gasteiger partial charge in [0.25, 0.3) is 0 Å². The fourth-order valence-electron chi connectivity index (χ4n) is 5.90. The number of ether oxygens (including phenoxy) is 7. The Bertz CT molecular complexity index is 1100. The molecule has 23 nitrogen and oxygen atoms in total. The first-order valence-electron chi connectivity index (χ1n) is 15.1. The molecule has 4 saturated heterocycles. The van der Waals surface area contributed by atoms with Gasteiger partial charge < -0.3 is 105 Å². The summed E-state index contributed by atoms with van der Waals surface area (Å²) in [4.78, 5) is 24.5. The topological polar surface area (TPSA) is 374 Å². The Kier molecular flexibility index (Phi) is 13.6. The third kappa shape index (κ3) is 8.30. The number of aliphatic hydroxyl groups excluding tert-OH is 12. The predicted molar refractivity (Wildman–Crippen MR) is 146 cm³/mol. The van der Waals surface area contributed by atoms with Crippen molar-refractivity contribution in [1.82, 2.24) is 5.32 Å². The number of carboxylic acids is 1. The van der Waals surface area contributed by atoms with Gasteiger partial charge in [-0.2, -0.15) is 0 Å². The second-order valence-corrected chi connectivity index (χ2v) is 11.9. The molecule has 4 fully saturated rings. The van der Waals surface area contributed by atoms with E-state index in [1.165, 1.54) is 0 Å². The lowest BCUT2D eigenvalue weighted by Crippen LogP contribution is -2.70. The van der Waals surface area contributed by atoms with E-state index in [0.29, 0.717) is 0 Å². The Morgan fingerprint density at radius 1 is 0.551 bits per heavy atom. The molecule has 4 aliphatic heterocycles. The largest absolute Gasteiger partial charge is 0.479 e. The molecular formula is C26H43NO22. The van der Waals surface area contributed by atoms with Crippen LogP contribution in [-0.2, 0) is 42.7 Å². The first kappa shape index (κ1) is 40.0. The molecule has 4 heterocycles. The van der Waals surface area contributed by atoms with E-state index in [4.69, 9.17) is 33.2 Å².